The molecule has 2 saturated carbocycles. The van der Waals surface area contributed by atoms with Gasteiger partial charge in [-0.25, -0.2) is 0 Å². The third-order valence-electron chi connectivity index (χ3n) is 5.99. The molecule has 4 aliphatic rings. The van der Waals surface area contributed by atoms with Crippen LogP contribution in [0.3, 0.4) is 0 Å². The SMILES string of the molecule is CC1(C)C2CCC13C[Se]1(CCC(=O)O1)OC3C2. The van der Waals surface area contributed by atoms with Crippen molar-refractivity contribution in [3.63, 3.8) is 0 Å². The Morgan fingerprint density at radius 3 is 2.82 bits per heavy atom. The van der Waals surface area contributed by atoms with E-state index in [0.29, 0.717) is 23.4 Å². The van der Waals surface area contributed by atoms with Gasteiger partial charge in [-0.1, -0.05) is 0 Å². The number of fused-ring (bicyclic) bond motifs is 1. The quantitative estimate of drug-likeness (QED) is 0.645. The van der Waals surface area contributed by atoms with Crippen molar-refractivity contribution in [2.45, 2.75) is 56.3 Å². The van der Waals surface area contributed by atoms with Crippen molar-refractivity contribution in [2.24, 2.45) is 16.7 Å². The van der Waals surface area contributed by atoms with Crippen LogP contribution < -0.4 is 0 Å². The van der Waals surface area contributed by atoms with E-state index in [-0.39, 0.29) is 5.97 Å². The maximum atomic E-state index is 11.4. The van der Waals surface area contributed by atoms with Gasteiger partial charge in [0.25, 0.3) is 0 Å². The van der Waals surface area contributed by atoms with Crippen molar-refractivity contribution in [1.82, 2.24) is 0 Å². The first-order valence-electron chi connectivity index (χ1n) is 6.67. The molecule has 4 atom stereocenters. The molecular weight excluding hydrogens is 283 g/mol. The minimum atomic E-state index is -2.33. The third-order valence-corrected chi connectivity index (χ3v) is 12.0. The van der Waals surface area contributed by atoms with Crippen LogP contribution in [0, 0.1) is 16.7 Å². The van der Waals surface area contributed by atoms with Crippen LogP contribution in [0.4, 0.5) is 0 Å². The predicted molar refractivity (Wildman–Crippen MR) is 64.5 cm³/mol. The molecule has 0 radical (unpaired) electrons. The number of carbonyl (C=O) groups is 1. The molecule has 4 rings (SSSR count). The Bertz CT molecular complexity index is 407. The number of rotatable bonds is 0. The van der Waals surface area contributed by atoms with Crippen molar-refractivity contribution < 1.29 is 12.4 Å². The van der Waals surface area contributed by atoms with Crippen molar-refractivity contribution in [3.05, 3.63) is 0 Å². The maximum absolute atomic E-state index is 11.4. The molecule has 0 aromatic heterocycles. The third kappa shape index (κ3) is 1.11. The van der Waals surface area contributed by atoms with E-state index in [1.807, 2.05) is 0 Å². The molecule has 2 heterocycles. The Morgan fingerprint density at radius 1 is 1.41 bits per heavy atom. The summed E-state index contributed by atoms with van der Waals surface area (Å²) in [5.41, 5.74) is 0.746. The van der Waals surface area contributed by atoms with E-state index >= 15 is 0 Å². The molecule has 0 aromatic carbocycles. The second-order valence-electron chi connectivity index (χ2n) is 6.73. The fraction of sp³-hybridized carbons (Fsp3) is 0.923. The first kappa shape index (κ1) is 10.8. The summed E-state index contributed by atoms with van der Waals surface area (Å²) in [6.45, 7) is 4.84. The van der Waals surface area contributed by atoms with Crippen LogP contribution in [-0.4, -0.2) is 25.6 Å². The van der Waals surface area contributed by atoms with Crippen molar-refractivity contribution in [2.75, 3.05) is 0 Å². The van der Waals surface area contributed by atoms with Gasteiger partial charge in [-0.05, 0) is 0 Å². The topological polar surface area (TPSA) is 35.5 Å². The van der Waals surface area contributed by atoms with Gasteiger partial charge in [-0.3, -0.25) is 0 Å². The molecule has 2 aliphatic heterocycles. The Kier molecular flexibility index (Phi) is 1.86. The number of hydrogen-bond donors (Lipinski definition) is 0. The van der Waals surface area contributed by atoms with E-state index in [4.69, 9.17) is 7.64 Å². The van der Waals surface area contributed by atoms with Gasteiger partial charge in [0, 0.05) is 0 Å². The van der Waals surface area contributed by atoms with E-state index in [2.05, 4.69) is 13.8 Å². The average Bonchev–Trinajstić information content (AvgIpc) is 2.89. The van der Waals surface area contributed by atoms with E-state index in [9.17, 15) is 4.79 Å². The van der Waals surface area contributed by atoms with E-state index in [0.717, 1.165) is 16.6 Å². The van der Waals surface area contributed by atoms with Gasteiger partial charge in [0.15, 0.2) is 0 Å². The van der Waals surface area contributed by atoms with Gasteiger partial charge in [-0.2, -0.15) is 0 Å². The Labute approximate surface area is 105 Å². The summed E-state index contributed by atoms with van der Waals surface area (Å²) in [6, 6.07) is 0. The molecule has 2 aliphatic carbocycles. The summed E-state index contributed by atoms with van der Waals surface area (Å²) in [6.07, 6.45) is 4.87. The summed E-state index contributed by atoms with van der Waals surface area (Å²) in [4.78, 5) is 11.4. The summed E-state index contributed by atoms with van der Waals surface area (Å²) in [5, 5.41) is 2.03. The summed E-state index contributed by atoms with van der Waals surface area (Å²) in [7, 11) is 0. The monoisotopic (exact) mass is 304 g/mol. The van der Waals surface area contributed by atoms with Gasteiger partial charge in [0.05, 0.1) is 0 Å². The van der Waals surface area contributed by atoms with Gasteiger partial charge >= 0.3 is 105 Å². The number of carbonyl (C=O) groups excluding carboxylic acids is 1. The van der Waals surface area contributed by atoms with Crippen LogP contribution in [0.5, 0.6) is 0 Å². The predicted octanol–water partition coefficient (Wildman–Crippen LogP) is 2.60. The standard InChI is InChI=1S/C13H20O3Se/c1-12(2)9-3-5-13(12)8-17(15-10(13)7-9)6-4-11(14)16-17/h9-10H,3-8H2,1-2H3. The van der Waals surface area contributed by atoms with Gasteiger partial charge in [0.1, 0.15) is 0 Å². The fourth-order valence-corrected chi connectivity index (χ4v) is 12.3. The van der Waals surface area contributed by atoms with E-state index < -0.39 is 13.5 Å². The Morgan fingerprint density at radius 2 is 2.24 bits per heavy atom. The zero-order valence-corrected chi connectivity index (χ0v) is 12.2. The van der Waals surface area contributed by atoms with Crippen LogP contribution in [0.15, 0.2) is 0 Å². The molecule has 2 spiro atoms. The minimum absolute atomic E-state index is 0.00581. The van der Waals surface area contributed by atoms with Crippen LogP contribution in [0.2, 0.25) is 10.6 Å². The molecule has 4 fully saturated rings. The molecule has 96 valence electrons. The first-order valence-corrected chi connectivity index (χ1v) is 10.5. The summed E-state index contributed by atoms with van der Waals surface area (Å²) >= 11 is -2.33. The molecule has 0 amide bonds. The molecule has 0 aromatic rings. The van der Waals surface area contributed by atoms with E-state index in [1.165, 1.54) is 19.3 Å². The van der Waals surface area contributed by atoms with Crippen molar-refractivity contribution >= 4 is 19.5 Å². The van der Waals surface area contributed by atoms with E-state index in [1.54, 1.807) is 0 Å². The van der Waals surface area contributed by atoms with Crippen LogP contribution in [-0.2, 0) is 12.4 Å². The molecule has 2 saturated heterocycles. The van der Waals surface area contributed by atoms with Crippen LogP contribution >= 0.6 is 0 Å². The Balaban J connectivity index is 1.72. The van der Waals surface area contributed by atoms with Crippen molar-refractivity contribution in [3.8, 4) is 0 Å². The molecule has 4 unspecified atom stereocenters. The van der Waals surface area contributed by atoms with Crippen LogP contribution in [0.1, 0.15) is 39.5 Å². The average molecular weight is 303 g/mol. The zero-order chi connectivity index (χ0) is 11.9. The van der Waals surface area contributed by atoms with Gasteiger partial charge in [-0.15, -0.1) is 0 Å². The van der Waals surface area contributed by atoms with Crippen molar-refractivity contribution in [1.29, 1.82) is 0 Å². The molecule has 2 bridgehead atoms. The Hall–Kier alpha value is -0.0505. The second-order valence-corrected chi connectivity index (χ2v) is 12.1. The zero-order valence-electron chi connectivity index (χ0n) is 10.5. The summed E-state index contributed by atoms with van der Waals surface area (Å²) < 4.78 is 12.1. The van der Waals surface area contributed by atoms with Gasteiger partial charge < -0.3 is 0 Å². The summed E-state index contributed by atoms with van der Waals surface area (Å²) in [5.74, 6) is 0.827. The molecule has 17 heavy (non-hydrogen) atoms. The fourth-order valence-electron chi connectivity index (χ4n) is 4.78. The molecule has 3 nitrogen and oxygen atoms in total. The van der Waals surface area contributed by atoms with Gasteiger partial charge in [0.2, 0.25) is 0 Å². The second kappa shape index (κ2) is 2.92. The van der Waals surface area contributed by atoms with Crippen LogP contribution in [0.25, 0.3) is 0 Å². The first-order chi connectivity index (χ1) is 7.98. The molecule has 4 heteroatoms. The normalized spacial score (nSPS) is 58.1. The number of hydrogen-bond acceptors (Lipinski definition) is 3. The molecule has 0 N–H and O–H groups in total. The molecular formula is C13H20O3Se.